The number of carbonyl (C=O) groups is 3. The lowest BCUT2D eigenvalue weighted by atomic mass is 10.1. The third kappa shape index (κ3) is 44.6. The summed E-state index contributed by atoms with van der Waals surface area (Å²) in [5.74, 6) is -0.904. The van der Waals surface area contributed by atoms with Crippen LogP contribution in [0.5, 0.6) is 0 Å². The molecule has 0 spiro atoms. The van der Waals surface area contributed by atoms with E-state index in [0.29, 0.717) is 19.3 Å². The van der Waals surface area contributed by atoms with Gasteiger partial charge in [-0.3, -0.25) is 14.4 Å². The molecule has 1 atom stereocenters. The van der Waals surface area contributed by atoms with E-state index in [9.17, 15) is 14.4 Å². The number of hydrogen-bond acceptors (Lipinski definition) is 6. The van der Waals surface area contributed by atoms with E-state index in [1.807, 2.05) is 0 Å². The van der Waals surface area contributed by atoms with Crippen LogP contribution < -0.4 is 0 Å². The molecule has 332 valence electrons. The molecule has 6 nitrogen and oxygen atoms in total. The zero-order chi connectivity index (χ0) is 41.5. The Balaban J connectivity index is 4.13. The Bertz CT molecular complexity index is 969. The molecule has 0 aromatic rings. The highest BCUT2D eigenvalue weighted by molar-refractivity contribution is 5.71. The molecule has 0 fully saturated rings. The van der Waals surface area contributed by atoms with Gasteiger partial charge in [-0.2, -0.15) is 0 Å². The maximum atomic E-state index is 12.7. The number of carbonyl (C=O) groups excluding carboxylic acids is 3. The Morgan fingerprint density at radius 2 is 0.667 bits per heavy atom. The molecule has 0 radical (unpaired) electrons. The number of unbranched alkanes of at least 4 members (excludes halogenated alkanes) is 27. The fraction of sp³-hybridized carbons (Fsp3) is 0.824. The molecule has 57 heavy (non-hydrogen) atoms. The third-order valence-electron chi connectivity index (χ3n) is 10.6. The van der Waals surface area contributed by atoms with Gasteiger partial charge in [0.15, 0.2) is 6.10 Å². The van der Waals surface area contributed by atoms with Gasteiger partial charge >= 0.3 is 17.9 Å². The molecule has 0 rings (SSSR count). The van der Waals surface area contributed by atoms with E-state index in [1.165, 1.54) is 116 Å². The Labute approximate surface area is 353 Å². The van der Waals surface area contributed by atoms with Crippen LogP contribution in [0.1, 0.15) is 252 Å². The molecular formula is C51H92O6. The minimum Gasteiger partial charge on any atom is -0.462 e. The first kappa shape index (κ1) is 54.6. The van der Waals surface area contributed by atoms with Gasteiger partial charge in [-0.25, -0.2) is 0 Å². The maximum Gasteiger partial charge on any atom is 0.306 e. The zero-order valence-electron chi connectivity index (χ0n) is 37.9. The van der Waals surface area contributed by atoms with Crippen molar-refractivity contribution >= 4 is 17.9 Å². The van der Waals surface area contributed by atoms with Crippen LogP contribution in [0, 0.1) is 0 Å². The van der Waals surface area contributed by atoms with Gasteiger partial charge in [0.1, 0.15) is 13.2 Å². The predicted molar refractivity (Wildman–Crippen MR) is 242 cm³/mol. The average Bonchev–Trinajstić information content (AvgIpc) is 3.21. The number of hydrogen-bond donors (Lipinski definition) is 0. The van der Waals surface area contributed by atoms with Crippen LogP contribution in [0.15, 0.2) is 36.5 Å². The smallest absolute Gasteiger partial charge is 0.306 e. The summed E-state index contributed by atoms with van der Waals surface area (Å²) in [6.45, 7) is 6.48. The van der Waals surface area contributed by atoms with Crippen molar-refractivity contribution in [3.63, 3.8) is 0 Å². The molecule has 0 N–H and O–H groups in total. The molecule has 0 aliphatic rings. The van der Waals surface area contributed by atoms with Crippen molar-refractivity contribution < 1.29 is 28.6 Å². The summed E-state index contributed by atoms with van der Waals surface area (Å²) < 4.78 is 16.6. The largest absolute Gasteiger partial charge is 0.462 e. The summed E-state index contributed by atoms with van der Waals surface area (Å²) in [5.41, 5.74) is 0. The lowest BCUT2D eigenvalue weighted by molar-refractivity contribution is -0.167. The minimum absolute atomic E-state index is 0.0781. The minimum atomic E-state index is -0.773. The number of rotatable bonds is 44. The van der Waals surface area contributed by atoms with Crippen LogP contribution in [0.4, 0.5) is 0 Å². The van der Waals surface area contributed by atoms with Crippen LogP contribution in [0.3, 0.4) is 0 Å². The maximum absolute atomic E-state index is 12.7. The Hall–Kier alpha value is -2.37. The summed E-state index contributed by atoms with van der Waals surface area (Å²) >= 11 is 0. The quantitative estimate of drug-likeness (QED) is 0.0264. The molecule has 0 aromatic carbocycles. The van der Waals surface area contributed by atoms with Crippen molar-refractivity contribution in [1.82, 2.24) is 0 Å². The molecule has 6 heteroatoms. The zero-order valence-corrected chi connectivity index (χ0v) is 37.9. The summed E-state index contributed by atoms with van der Waals surface area (Å²) in [6.07, 6.45) is 53.1. The predicted octanol–water partition coefficient (Wildman–Crippen LogP) is 15.8. The van der Waals surface area contributed by atoms with Gasteiger partial charge in [-0.15, -0.1) is 0 Å². The molecular weight excluding hydrogens is 709 g/mol. The molecule has 1 unspecified atom stereocenters. The van der Waals surface area contributed by atoms with E-state index < -0.39 is 6.10 Å². The topological polar surface area (TPSA) is 78.9 Å². The fourth-order valence-electron chi connectivity index (χ4n) is 6.89. The van der Waals surface area contributed by atoms with Gasteiger partial charge in [0, 0.05) is 19.3 Å². The van der Waals surface area contributed by atoms with Gasteiger partial charge in [0.25, 0.3) is 0 Å². The van der Waals surface area contributed by atoms with Gasteiger partial charge in [0.2, 0.25) is 0 Å². The van der Waals surface area contributed by atoms with Gasteiger partial charge < -0.3 is 14.2 Å². The molecule has 0 aliphatic heterocycles. The van der Waals surface area contributed by atoms with Gasteiger partial charge in [-0.1, -0.05) is 198 Å². The molecule has 0 amide bonds. The van der Waals surface area contributed by atoms with Crippen molar-refractivity contribution in [2.24, 2.45) is 0 Å². The van der Waals surface area contributed by atoms with E-state index in [-0.39, 0.29) is 31.1 Å². The standard InChI is InChI=1S/C51H92O6/c1-4-7-10-13-15-17-19-21-22-23-24-25-26-27-28-30-31-33-35-38-41-44-50(53)56-47-48(46-55-49(52)43-40-37-12-9-6-3)57-51(54)45-42-39-36-34-32-29-20-18-16-14-11-8-5-2/h11,14,18,20,23-24,48H,4-10,12-13,15-17,19,21-22,25-47H2,1-3H3/b14-11-,20-18-,24-23-. The number of esters is 3. The third-order valence-corrected chi connectivity index (χ3v) is 10.6. The molecule has 0 aromatic heterocycles. The number of ether oxygens (including phenoxy) is 3. The van der Waals surface area contributed by atoms with Crippen molar-refractivity contribution in [3.05, 3.63) is 36.5 Å². The first-order valence-corrected chi connectivity index (χ1v) is 24.5. The molecule has 0 heterocycles. The van der Waals surface area contributed by atoms with Crippen LogP contribution in [0.25, 0.3) is 0 Å². The molecule has 0 saturated heterocycles. The van der Waals surface area contributed by atoms with Crippen molar-refractivity contribution in [2.45, 2.75) is 258 Å². The van der Waals surface area contributed by atoms with E-state index in [4.69, 9.17) is 14.2 Å². The second kappa shape index (κ2) is 46.3. The second-order valence-corrected chi connectivity index (χ2v) is 16.4. The summed E-state index contributed by atoms with van der Waals surface area (Å²) in [4.78, 5) is 37.5. The number of allylic oxidation sites excluding steroid dienone is 6. The van der Waals surface area contributed by atoms with E-state index in [0.717, 1.165) is 96.3 Å². The monoisotopic (exact) mass is 801 g/mol. The van der Waals surface area contributed by atoms with Crippen LogP contribution in [-0.2, 0) is 28.6 Å². The average molecular weight is 801 g/mol. The highest BCUT2D eigenvalue weighted by atomic mass is 16.6. The Morgan fingerprint density at radius 3 is 1.05 bits per heavy atom. The molecule has 0 bridgehead atoms. The van der Waals surface area contributed by atoms with E-state index >= 15 is 0 Å². The highest BCUT2D eigenvalue weighted by Crippen LogP contribution is 2.15. The van der Waals surface area contributed by atoms with Crippen LogP contribution in [0.2, 0.25) is 0 Å². The molecule has 0 saturated carbocycles. The summed E-state index contributed by atoms with van der Waals surface area (Å²) in [5, 5.41) is 0. The van der Waals surface area contributed by atoms with Crippen molar-refractivity contribution in [3.8, 4) is 0 Å². The van der Waals surface area contributed by atoms with E-state index in [1.54, 1.807) is 0 Å². The van der Waals surface area contributed by atoms with Crippen molar-refractivity contribution in [1.29, 1.82) is 0 Å². The fourth-order valence-corrected chi connectivity index (χ4v) is 6.89. The first-order chi connectivity index (χ1) is 28.0. The first-order valence-electron chi connectivity index (χ1n) is 24.5. The van der Waals surface area contributed by atoms with Crippen molar-refractivity contribution in [2.75, 3.05) is 13.2 Å². The van der Waals surface area contributed by atoms with Gasteiger partial charge in [0.05, 0.1) is 0 Å². The lowest BCUT2D eigenvalue weighted by Gasteiger charge is -2.18. The second-order valence-electron chi connectivity index (χ2n) is 16.4. The Morgan fingerprint density at radius 1 is 0.351 bits per heavy atom. The van der Waals surface area contributed by atoms with Crippen LogP contribution in [-0.4, -0.2) is 37.2 Å². The normalized spacial score (nSPS) is 12.3. The summed E-state index contributed by atoms with van der Waals surface area (Å²) in [7, 11) is 0. The SMILES string of the molecule is CCC/C=C\C/C=C\CCCCCCCC(=O)OC(COC(=O)CCCCCCC)COC(=O)CCCCCCCCCCC/C=C\CCCCCCCCCC. The molecule has 0 aliphatic carbocycles. The lowest BCUT2D eigenvalue weighted by Crippen LogP contribution is -2.30. The highest BCUT2D eigenvalue weighted by Gasteiger charge is 2.19. The van der Waals surface area contributed by atoms with Crippen LogP contribution >= 0.6 is 0 Å². The summed E-state index contributed by atoms with van der Waals surface area (Å²) in [6, 6.07) is 0. The van der Waals surface area contributed by atoms with Gasteiger partial charge in [-0.05, 0) is 70.6 Å². The Kier molecular flexibility index (Phi) is 44.4. The van der Waals surface area contributed by atoms with E-state index in [2.05, 4.69) is 57.2 Å².